The van der Waals surface area contributed by atoms with E-state index in [4.69, 9.17) is 31.8 Å². The quantitative estimate of drug-likeness (QED) is 0.0399. The van der Waals surface area contributed by atoms with Crippen LogP contribution in [0.2, 0.25) is 0 Å². The lowest BCUT2D eigenvalue weighted by atomic mass is 10.1. The van der Waals surface area contributed by atoms with Crippen molar-refractivity contribution in [1.29, 1.82) is 10.8 Å². The van der Waals surface area contributed by atoms with E-state index in [1.807, 2.05) is 24.3 Å². The average Bonchev–Trinajstić information content (AvgIpc) is 3.06. The van der Waals surface area contributed by atoms with Gasteiger partial charge >= 0.3 is 0 Å². The predicted molar refractivity (Wildman–Crippen MR) is 183 cm³/mol. The maximum Gasteiger partial charge on any atom is 0.122 e. The normalized spacial score (nSPS) is 10.8. The molecule has 0 heterocycles. The van der Waals surface area contributed by atoms with Gasteiger partial charge in [-0.15, -0.1) is 0 Å². The zero-order valence-electron chi connectivity index (χ0n) is 26.0. The number of amidine groups is 2. The van der Waals surface area contributed by atoms with Gasteiger partial charge in [0, 0.05) is 24.2 Å². The first-order valence-electron chi connectivity index (χ1n) is 15.7. The summed E-state index contributed by atoms with van der Waals surface area (Å²) < 4.78 is 11.8. The van der Waals surface area contributed by atoms with Crippen LogP contribution >= 0.6 is 0 Å². The monoisotopic (exact) mass is 606 g/mol. The van der Waals surface area contributed by atoms with Crippen LogP contribution in [0, 0.1) is 10.8 Å². The Morgan fingerprint density at radius 2 is 0.889 bits per heavy atom. The first-order chi connectivity index (χ1) is 22.0. The van der Waals surface area contributed by atoms with Crippen molar-refractivity contribution in [1.82, 2.24) is 10.6 Å². The molecule has 0 amide bonds. The van der Waals surface area contributed by atoms with Gasteiger partial charge in [-0.25, -0.2) is 0 Å². The summed E-state index contributed by atoms with van der Waals surface area (Å²) in [5.74, 6) is 1.65. The largest absolute Gasteiger partial charge is 0.489 e. The van der Waals surface area contributed by atoms with Crippen LogP contribution in [0.15, 0.2) is 97.1 Å². The fourth-order valence-electron chi connectivity index (χ4n) is 4.95. The number of unbranched alkanes of at least 4 members (excludes halogenated alkanes) is 4. The van der Waals surface area contributed by atoms with Crippen LogP contribution in [0.1, 0.15) is 65.5 Å². The molecule has 0 bridgehead atoms. The molecule has 236 valence electrons. The zero-order chi connectivity index (χ0) is 31.7. The molecule has 0 atom stereocenters. The summed E-state index contributed by atoms with van der Waals surface area (Å²) in [5.41, 5.74) is 17.2. The number of hydrogen-bond acceptors (Lipinski definition) is 6. The van der Waals surface area contributed by atoms with Crippen LogP contribution in [0.25, 0.3) is 0 Å². The fourth-order valence-corrected chi connectivity index (χ4v) is 4.95. The molecular weight excluding hydrogens is 560 g/mol. The Hall–Kier alpha value is -4.66. The summed E-state index contributed by atoms with van der Waals surface area (Å²) in [6.07, 6.45) is 6.10. The van der Waals surface area contributed by atoms with Gasteiger partial charge in [0.1, 0.15) is 36.4 Å². The Morgan fingerprint density at radius 3 is 1.29 bits per heavy atom. The topological polar surface area (TPSA) is 142 Å². The molecule has 8 nitrogen and oxygen atoms in total. The lowest BCUT2D eigenvalue weighted by molar-refractivity contribution is 0.306. The number of hydrogen-bond donors (Lipinski definition) is 6. The number of nitrogens with two attached hydrogens (primary N) is 2. The zero-order valence-corrected chi connectivity index (χ0v) is 26.0. The van der Waals surface area contributed by atoms with Crippen LogP contribution in [0.3, 0.4) is 0 Å². The third kappa shape index (κ3) is 12.1. The molecule has 0 fully saturated rings. The molecule has 0 saturated carbocycles. The minimum absolute atomic E-state index is 0.0591. The number of benzene rings is 4. The second-order valence-electron chi connectivity index (χ2n) is 11.2. The number of nitrogens with one attached hydrogen (secondary N) is 4. The van der Waals surface area contributed by atoms with Crippen molar-refractivity contribution in [3.05, 3.63) is 130 Å². The summed E-state index contributed by atoms with van der Waals surface area (Å²) in [6.45, 7) is 4.75. The molecule has 4 rings (SSSR count). The van der Waals surface area contributed by atoms with Gasteiger partial charge in [0.15, 0.2) is 0 Å². The van der Waals surface area contributed by atoms with Gasteiger partial charge in [0.2, 0.25) is 0 Å². The fraction of sp³-hybridized carbons (Fsp3) is 0.297. The second-order valence-corrected chi connectivity index (χ2v) is 11.2. The van der Waals surface area contributed by atoms with Crippen LogP contribution < -0.4 is 31.6 Å². The summed E-state index contributed by atoms with van der Waals surface area (Å²) >= 11 is 0. The molecule has 0 aliphatic carbocycles. The van der Waals surface area contributed by atoms with Crippen molar-refractivity contribution in [3.8, 4) is 11.5 Å². The molecule has 4 aromatic carbocycles. The van der Waals surface area contributed by atoms with Crippen molar-refractivity contribution >= 4 is 11.7 Å². The Balaban J connectivity index is 1.01. The van der Waals surface area contributed by atoms with E-state index in [0.29, 0.717) is 24.3 Å². The Kier molecular flexibility index (Phi) is 13.5. The first-order valence-corrected chi connectivity index (χ1v) is 15.7. The molecular formula is C37H46N6O2. The van der Waals surface area contributed by atoms with Gasteiger partial charge in [-0.1, -0.05) is 67.8 Å². The van der Waals surface area contributed by atoms with E-state index in [1.54, 1.807) is 24.3 Å². The maximum absolute atomic E-state index is 7.49. The Bertz CT molecular complexity index is 1370. The van der Waals surface area contributed by atoms with Crippen molar-refractivity contribution in [2.45, 2.75) is 58.4 Å². The minimum Gasteiger partial charge on any atom is -0.489 e. The van der Waals surface area contributed by atoms with Gasteiger partial charge in [-0.3, -0.25) is 10.8 Å². The van der Waals surface area contributed by atoms with Gasteiger partial charge in [0.25, 0.3) is 0 Å². The molecule has 0 aliphatic rings. The minimum atomic E-state index is 0.0591. The van der Waals surface area contributed by atoms with Crippen molar-refractivity contribution in [2.24, 2.45) is 11.5 Å². The molecule has 4 aromatic rings. The molecule has 0 aromatic heterocycles. The highest BCUT2D eigenvalue weighted by atomic mass is 16.5. The molecule has 0 spiro atoms. The number of rotatable bonds is 20. The standard InChI is InChI=1S/C37H46N6O2/c38-36(39)32-12-16-34(17-13-32)44-26-30-10-6-8-28(22-30)24-42-20-4-2-1-3-5-21-43-25-29-9-7-11-31(23-29)27-45-35-18-14-33(15-19-35)37(40)41/h6-19,22-23,42-43H,1-5,20-21,24-27H2,(H3,38,39)(H3,40,41). The van der Waals surface area contributed by atoms with Crippen molar-refractivity contribution in [3.63, 3.8) is 0 Å². The molecule has 8 N–H and O–H groups in total. The second kappa shape index (κ2) is 18.2. The van der Waals surface area contributed by atoms with E-state index in [-0.39, 0.29) is 11.7 Å². The summed E-state index contributed by atoms with van der Waals surface area (Å²) in [4.78, 5) is 0. The molecule has 8 heteroatoms. The third-order valence-electron chi connectivity index (χ3n) is 7.49. The van der Waals surface area contributed by atoms with Gasteiger partial charge in [0.05, 0.1) is 0 Å². The molecule has 0 saturated heterocycles. The van der Waals surface area contributed by atoms with Gasteiger partial charge < -0.3 is 31.6 Å². The SMILES string of the molecule is N=C(N)c1ccc(OCc2cccc(CNCCCCCCCNCc3cccc(COc4ccc(C(=N)N)cc4)c3)c2)cc1. The smallest absolute Gasteiger partial charge is 0.122 e. The highest BCUT2D eigenvalue weighted by molar-refractivity contribution is 5.95. The van der Waals surface area contributed by atoms with E-state index in [0.717, 1.165) is 48.8 Å². The lowest BCUT2D eigenvalue weighted by Crippen LogP contribution is -2.15. The van der Waals surface area contributed by atoms with Crippen molar-refractivity contribution in [2.75, 3.05) is 13.1 Å². The highest BCUT2D eigenvalue weighted by Gasteiger charge is 2.03. The van der Waals surface area contributed by atoms with E-state index in [2.05, 4.69) is 59.2 Å². The third-order valence-corrected chi connectivity index (χ3v) is 7.49. The number of nitrogen functional groups attached to an aromatic ring is 2. The summed E-state index contributed by atoms with van der Waals surface area (Å²) in [5, 5.41) is 22.1. The van der Waals surface area contributed by atoms with Crippen LogP contribution in [0.4, 0.5) is 0 Å². The van der Waals surface area contributed by atoms with Gasteiger partial charge in [-0.05, 0) is 96.7 Å². The Morgan fingerprint density at radius 1 is 0.511 bits per heavy atom. The van der Waals surface area contributed by atoms with Crippen LogP contribution in [0.5, 0.6) is 11.5 Å². The molecule has 0 unspecified atom stereocenters. The van der Waals surface area contributed by atoms with E-state index in [9.17, 15) is 0 Å². The van der Waals surface area contributed by atoms with E-state index in [1.165, 1.54) is 43.2 Å². The van der Waals surface area contributed by atoms with Crippen LogP contribution in [-0.2, 0) is 26.3 Å². The highest BCUT2D eigenvalue weighted by Crippen LogP contribution is 2.16. The van der Waals surface area contributed by atoms with Crippen molar-refractivity contribution < 1.29 is 9.47 Å². The maximum atomic E-state index is 7.49. The molecule has 0 aliphatic heterocycles. The summed E-state index contributed by atoms with van der Waals surface area (Å²) in [6, 6.07) is 31.6. The first kappa shape index (κ1) is 33.2. The van der Waals surface area contributed by atoms with Crippen LogP contribution in [-0.4, -0.2) is 24.8 Å². The Labute approximate surface area is 267 Å². The number of ether oxygens (including phenoxy) is 2. The predicted octanol–water partition coefficient (Wildman–Crippen LogP) is 6.24. The molecule has 45 heavy (non-hydrogen) atoms. The molecule has 0 radical (unpaired) electrons. The van der Waals surface area contributed by atoms with Gasteiger partial charge in [-0.2, -0.15) is 0 Å². The van der Waals surface area contributed by atoms with E-state index >= 15 is 0 Å². The lowest BCUT2D eigenvalue weighted by Gasteiger charge is -2.10. The average molecular weight is 607 g/mol. The van der Waals surface area contributed by atoms with E-state index < -0.39 is 0 Å². The summed E-state index contributed by atoms with van der Waals surface area (Å²) in [7, 11) is 0.